The Balaban J connectivity index is 1.75. The van der Waals surface area contributed by atoms with Crippen LogP contribution in [-0.4, -0.2) is 50.3 Å². The highest BCUT2D eigenvalue weighted by molar-refractivity contribution is 5.97. The summed E-state index contributed by atoms with van der Waals surface area (Å²) >= 11 is 0. The van der Waals surface area contributed by atoms with Crippen molar-refractivity contribution in [1.29, 1.82) is 0 Å². The number of hydrogen-bond donors (Lipinski definition) is 0. The molecule has 2 aliphatic heterocycles. The topological polar surface area (TPSA) is 48.0 Å². The van der Waals surface area contributed by atoms with E-state index < -0.39 is 0 Å². The lowest BCUT2D eigenvalue weighted by Gasteiger charge is -2.24. The number of nitrogens with zero attached hydrogens (tertiary/aromatic N) is 1. The largest absolute Gasteiger partial charge is 0.497 e. The average Bonchev–Trinajstić information content (AvgIpc) is 3.20. The lowest BCUT2D eigenvalue weighted by atomic mass is 9.92. The number of rotatable bonds is 4. The van der Waals surface area contributed by atoms with Crippen LogP contribution in [-0.2, 0) is 4.74 Å². The van der Waals surface area contributed by atoms with E-state index in [1.54, 1.807) is 32.4 Å². The second-order valence-corrected chi connectivity index (χ2v) is 6.52. The summed E-state index contributed by atoms with van der Waals surface area (Å²) in [4.78, 5) is 14.8. The number of hydrogen-bond acceptors (Lipinski definition) is 4. The van der Waals surface area contributed by atoms with Crippen molar-refractivity contribution in [2.45, 2.75) is 31.8 Å². The number of carbonyl (C=O) groups is 1. The zero-order chi connectivity index (χ0) is 16.4. The van der Waals surface area contributed by atoms with Gasteiger partial charge in [-0.1, -0.05) is 13.3 Å². The minimum absolute atomic E-state index is 0.00456. The average molecular weight is 319 g/mol. The number of methoxy groups -OCH3 is 2. The zero-order valence-corrected chi connectivity index (χ0v) is 14.1. The van der Waals surface area contributed by atoms with Crippen LogP contribution in [0.2, 0.25) is 0 Å². The van der Waals surface area contributed by atoms with Gasteiger partial charge in [0.2, 0.25) is 0 Å². The number of ether oxygens (including phenoxy) is 3. The first kappa shape index (κ1) is 16.1. The summed E-state index contributed by atoms with van der Waals surface area (Å²) in [7, 11) is 3.17. The molecule has 5 nitrogen and oxygen atoms in total. The molecule has 1 amide bonds. The molecule has 1 aromatic carbocycles. The standard InChI is InChI=1S/C18H25NO4/c1-4-13-10-18(23-11-13)7-8-19(12-18)17(20)15-6-5-14(21-2)9-16(15)22-3/h5-6,9,13H,4,7-8,10-12H2,1-3H3. The molecule has 5 heteroatoms. The minimum atomic E-state index is -0.129. The molecule has 2 heterocycles. The Morgan fingerprint density at radius 1 is 1.39 bits per heavy atom. The van der Waals surface area contributed by atoms with Crippen molar-refractivity contribution in [3.8, 4) is 11.5 Å². The molecule has 23 heavy (non-hydrogen) atoms. The molecular weight excluding hydrogens is 294 g/mol. The summed E-state index contributed by atoms with van der Waals surface area (Å²) in [6, 6.07) is 5.31. The highest BCUT2D eigenvalue weighted by atomic mass is 16.5. The molecule has 1 spiro atoms. The number of benzene rings is 1. The predicted molar refractivity (Wildman–Crippen MR) is 87.1 cm³/mol. The maximum atomic E-state index is 12.9. The second-order valence-electron chi connectivity index (χ2n) is 6.52. The van der Waals surface area contributed by atoms with E-state index in [1.807, 2.05) is 4.90 Å². The van der Waals surface area contributed by atoms with Gasteiger partial charge in [-0.2, -0.15) is 0 Å². The third-order valence-electron chi connectivity index (χ3n) is 5.11. The van der Waals surface area contributed by atoms with Gasteiger partial charge in [0.25, 0.3) is 5.91 Å². The third kappa shape index (κ3) is 3.02. The summed E-state index contributed by atoms with van der Waals surface area (Å²) in [6.07, 6.45) is 3.13. The van der Waals surface area contributed by atoms with Crippen LogP contribution in [0.15, 0.2) is 18.2 Å². The first-order chi connectivity index (χ1) is 11.1. The summed E-state index contributed by atoms with van der Waals surface area (Å²) < 4.78 is 16.6. The Labute approximate surface area is 137 Å². The van der Waals surface area contributed by atoms with E-state index in [0.717, 1.165) is 32.4 Å². The third-order valence-corrected chi connectivity index (χ3v) is 5.11. The van der Waals surface area contributed by atoms with Gasteiger partial charge in [0.15, 0.2) is 0 Å². The molecule has 126 valence electrons. The van der Waals surface area contributed by atoms with Crippen molar-refractivity contribution in [3.05, 3.63) is 23.8 Å². The lowest BCUT2D eigenvalue weighted by molar-refractivity contribution is 0.0116. The molecule has 3 rings (SSSR count). The quantitative estimate of drug-likeness (QED) is 0.856. The Bertz CT molecular complexity index is 588. The molecule has 0 radical (unpaired) electrons. The molecule has 2 saturated heterocycles. The summed E-state index contributed by atoms with van der Waals surface area (Å²) in [5, 5.41) is 0. The number of amides is 1. The summed E-state index contributed by atoms with van der Waals surface area (Å²) in [5.74, 6) is 1.86. The maximum Gasteiger partial charge on any atom is 0.257 e. The summed E-state index contributed by atoms with van der Waals surface area (Å²) in [5.41, 5.74) is 0.450. The van der Waals surface area contributed by atoms with Gasteiger partial charge in [0.05, 0.1) is 38.5 Å². The minimum Gasteiger partial charge on any atom is -0.497 e. The molecule has 0 aliphatic carbocycles. The van der Waals surface area contributed by atoms with Crippen LogP contribution in [0.5, 0.6) is 11.5 Å². The van der Waals surface area contributed by atoms with E-state index in [4.69, 9.17) is 14.2 Å². The number of likely N-dealkylation sites (tertiary alicyclic amines) is 1. The van der Waals surface area contributed by atoms with Crippen molar-refractivity contribution in [1.82, 2.24) is 4.90 Å². The van der Waals surface area contributed by atoms with E-state index >= 15 is 0 Å². The van der Waals surface area contributed by atoms with Gasteiger partial charge in [0.1, 0.15) is 11.5 Å². The first-order valence-electron chi connectivity index (χ1n) is 8.26. The van der Waals surface area contributed by atoms with Crippen LogP contribution >= 0.6 is 0 Å². The van der Waals surface area contributed by atoms with Gasteiger partial charge >= 0.3 is 0 Å². The van der Waals surface area contributed by atoms with Crippen molar-refractivity contribution < 1.29 is 19.0 Å². The summed E-state index contributed by atoms with van der Waals surface area (Å²) in [6.45, 7) is 4.44. The van der Waals surface area contributed by atoms with Crippen molar-refractivity contribution >= 4 is 5.91 Å². The molecule has 0 aromatic heterocycles. The zero-order valence-electron chi connectivity index (χ0n) is 14.1. The molecule has 0 saturated carbocycles. The van der Waals surface area contributed by atoms with Crippen LogP contribution in [0.25, 0.3) is 0 Å². The Kier molecular flexibility index (Phi) is 4.48. The fraction of sp³-hybridized carbons (Fsp3) is 0.611. The van der Waals surface area contributed by atoms with Gasteiger partial charge in [-0.15, -0.1) is 0 Å². The molecular formula is C18H25NO4. The van der Waals surface area contributed by atoms with Gasteiger partial charge in [0, 0.05) is 12.6 Å². The lowest BCUT2D eigenvalue weighted by Crippen LogP contribution is -2.35. The maximum absolute atomic E-state index is 12.9. The van der Waals surface area contributed by atoms with Crippen molar-refractivity contribution in [2.75, 3.05) is 33.9 Å². The van der Waals surface area contributed by atoms with Crippen LogP contribution in [0, 0.1) is 5.92 Å². The molecule has 2 unspecified atom stereocenters. The van der Waals surface area contributed by atoms with Gasteiger partial charge in [-0.05, 0) is 30.9 Å². The van der Waals surface area contributed by atoms with Crippen LogP contribution in [0.3, 0.4) is 0 Å². The highest BCUT2D eigenvalue weighted by Gasteiger charge is 2.46. The Morgan fingerprint density at radius 2 is 2.22 bits per heavy atom. The Hall–Kier alpha value is -1.75. The first-order valence-corrected chi connectivity index (χ1v) is 8.26. The van der Waals surface area contributed by atoms with Gasteiger partial charge in [-0.3, -0.25) is 4.79 Å². The smallest absolute Gasteiger partial charge is 0.257 e. The van der Waals surface area contributed by atoms with E-state index in [0.29, 0.717) is 29.5 Å². The highest BCUT2D eigenvalue weighted by Crippen LogP contribution is 2.39. The van der Waals surface area contributed by atoms with E-state index in [-0.39, 0.29) is 11.5 Å². The fourth-order valence-electron chi connectivity index (χ4n) is 3.65. The molecule has 2 fully saturated rings. The van der Waals surface area contributed by atoms with E-state index in [1.165, 1.54) is 0 Å². The van der Waals surface area contributed by atoms with Gasteiger partial charge < -0.3 is 19.1 Å². The molecule has 2 aliphatic rings. The van der Waals surface area contributed by atoms with Gasteiger partial charge in [-0.25, -0.2) is 0 Å². The van der Waals surface area contributed by atoms with E-state index in [2.05, 4.69) is 6.92 Å². The predicted octanol–water partition coefficient (Wildman–Crippen LogP) is 2.74. The fourth-order valence-corrected chi connectivity index (χ4v) is 3.65. The molecule has 0 bridgehead atoms. The number of carbonyl (C=O) groups excluding carboxylic acids is 1. The van der Waals surface area contributed by atoms with Crippen molar-refractivity contribution in [2.24, 2.45) is 5.92 Å². The van der Waals surface area contributed by atoms with Crippen LogP contribution in [0.1, 0.15) is 36.5 Å². The SMILES string of the molecule is CCC1COC2(CCN(C(=O)c3ccc(OC)cc3OC)C2)C1. The second kappa shape index (κ2) is 6.40. The monoisotopic (exact) mass is 319 g/mol. The normalized spacial score (nSPS) is 26.7. The Morgan fingerprint density at radius 3 is 2.87 bits per heavy atom. The molecule has 0 N–H and O–H groups in total. The molecule has 2 atom stereocenters. The van der Waals surface area contributed by atoms with Crippen LogP contribution < -0.4 is 9.47 Å². The van der Waals surface area contributed by atoms with Crippen LogP contribution in [0.4, 0.5) is 0 Å². The molecule has 1 aromatic rings. The van der Waals surface area contributed by atoms with E-state index in [9.17, 15) is 4.79 Å². The van der Waals surface area contributed by atoms with Crippen molar-refractivity contribution in [3.63, 3.8) is 0 Å².